The third kappa shape index (κ3) is 4.71. The fourth-order valence-electron chi connectivity index (χ4n) is 3.62. The van der Waals surface area contributed by atoms with Crippen molar-refractivity contribution in [3.63, 3.8) is 0 Å². The molecule has 4 aromatic rings. The van der Waals surface area contributed by atoms with Crippen molar-refractivity contribution >= 4 is 5.91 Å². The van der Waals surface area contributed by atoms with Crippen molar-refractivity contribution in [2.24, 2.45) is 0 Å². The molecular formula is C26H23FN4O3. The highest BCUT2D eigenvalue weighted by Gasteiger charge is 2.24. The molecular weight excluding hydrogens is 435 g/mol. The van der Waals surface area contributed by atoms with Crippen LogP contribution in [0.2, 0.25) is 0 Å². The number of carbonyl (C=O) groups is 1. The van der Waals surface area contributed by atoms with Gasteiger partial charge in [-0.2, -0.15) is 9.78 Å². The summed E-state index contributed by atoms with van der Waals surface area (Å²) in [6, 6.07) is 22.1. The van der Waals surface area contributed by atoms with Gasteiger partial charge in [0, 0.05) is 19.2 Å². The molecule has 4 rings (SSSR count). The van der Waals surface area contributed by atoms with Crippen LogP contribution >= 0.6 is 0 Å². The summed E-state index contributed by atoms with van der Waals surface area (Å²) in [5, 5.41) is 4.16. The number of halogens is 1. The number of nitrogens with zero attached hydrogens (tertiary/aromatic N) is 4. The summed E-state index contributed by atoms with van der Waals surface area (Å²) in [5.74, 6) is -1.20. The molecule has 0 N–H and O–H groups in total. The molecule has 7 nitrogen and oxygen atoms in total. The summed E-state index contributed by atoms with van der Waals surface area (Å²) >= 11 is 0. The maximum Gasteiger partial charge on any atom is 0.352 e. The zero-order chi connectivity index (χ0) is 24.2. The molecule has 172 valence electrons. The van der Waals surface area contributed by atoms with Gasteiger partial charge in [0.15, 0.2) is 0 Å². The summed E-state index contributed by atoms with van der Waals surface area (Å²) in [7, 11) is 1.56. The van der Waals surface area contributed by atoms with E-state index in [4.69, 9.17) is 0 Å². The van der Waals surface area contributed by atoms with Crippen LogP contribution in [-0.2, 0) is 13.1 Å². The summed E-state index contributed by atoms with van der Waals surface area (Å²) < 4.78 is 16.2. The molecule has 0 bridgehead atoms. The maximum absolute atomic E-state index is 14.3. The van der Waals surface area contributed by atoms with E-state index >= 15 is 0 Å². The minimum Gasteiger partial charge on any atom is -0.336 e. The Morgan fingerprint density at radius 2 is 1.68 bits per heavy atom. The highest BCUT2D eigenvalue weighted by Crippen LogP contribution is 2.10. The lowest BCUT2D eigenvalue weighted by Gasteiger charge is -2.18. The van der Waals surface area contributed by atoms with Crippen LogP contribution in [-0.4, -0.2) is 32.2 Å². The lowest BCUT2D eigenvalue weighted by Crippen LogP contribution is -2.46. The van der Waals surface area contributed by atoms with Gasteiger partial charge in [-0.05, 0) is 36.2 Å². The molecule has 8 heteroatoms. The summed E-state index contributed by atoms with van der Waals surface area (Å²) in [6.45, 7) is 1.77. The van der Waals surface area contributed by atoms with E-state index < -0.39 is 28.7 Å². The van der Waals surface area contributed by atoms with E-state index in [1.807, 2.05) is 43.3 Å². The molecule has 1 aromatic heterocycles. The molecule has 0 aliphatic rings. The number of benzene rings is 3. The van der Waals surface area contributed by atoms with Crippen molar-refractivity contribution in [1.82, 2.24) is 19.2 Å². The van der Waals surface area contributed by atoms with Crippen LogP contribution in [0, 0.1) is 12.7 Å². The number of aryl methyl sites for hydroxylation is 1. The van der Waals surface area contributed by atoms with Crippen LogP contribution in [0.1, 0.15) is 27.2 Å². The number of amides is 1. The zero-order valence-electron chi connectivity index (χ0n) is 18.8. The highest BCUT2D eigenvalue weighted by molar-refractivity contribution is 5.91. The van der Waals surface area contributed by atoms with Crippen molar-refractivity contribution in [3.05, 3.63) is 128 Å². The standard InChI is InChI=1S/C26H23FN4O3/c1-18-9-8-13-21(15-18)31-26(34)30(17-20-12-6-7-14-22(20)27)25(33)23(28-31)24(32)29(2)16-19-10-4-3-5-11-19/h3-15H,16-17H2,1-2H3. The van der Waals surface area contributed by atoms with E-state index in [1.54, 1.807) is 31.3 Å². The monoisotopic (exact) mass is 458 g/mol. The van der Waals surface area contributed by atoms with E-state index in [9.17, 15) is 18.8 Å². The number of rotatable bonds is 6. The molecule has 0 aliphatic carbocycles. The van der Waals surface area contributed by atoms with Gasteiger partial charge in [-0.15, -0.1) is 0 Å². The Labute approximate surface area is 195 Å². The molecule has 0 radical (unpaired) electrons. The molecule has 0 unspecified atom stereocenters. The van der Waals surface area contributed by atoms with Crippen LogP contribution in [0.4, 0.5) is 4.39 Å². The normalized spacial score (nSPS) is 10.8. The first kappa shape index (κ1) is 22.8. The zero-order valence-corrected chi connectivity index (χ0v) is 18.8. The van der Waals surface area contributed by atoms with Crippen molar-refractivity contribution < 1.29 is 9.18 Å². The fraction of sp³-hybridized carbons (Fsp3) is 0.154. The van der Waals surface area contributed by atoms with Crippen molar-refractivity contribution in [3.8, 4) is 5.69 Å². The van der Waals surface area contributed by atoms with Crippen LogP contribution in [0.5, 0.6) is 0 Å². The Morgan fingerprint density at radius 3 is 2.38 bits per heavy atom. The minimum atomic E-state index is -0.873. The Morgan fingerprint density at radius 1 is 0.971 bits per heavy atom. The van der Waals surface area contributed by atoms with Gasteiger partial charge < -0.3 is 4.90 Å². The molecule has 0 spiro atoms. The van der Waals surface area contributed by atoms with Gasteiger partial charge >= 0.3 is 5.69 Å². The first-order valence-corrected chi connectivity index (χ1v) is 10.7. The number of carbonyl (C=O) groups excluding carboxylic acids is 1. The van der Waals surface area contributed by atoms with Crippen molar-refractivity contribution in [2.75, 3.05) is 7.05 Å². The van der Waals surface area contributed by atoms with Gasteiger partial charge in [-0.25, -0.2) is 9.18 Å². The fourth-order valence-corrected chi connectivity index (χ4v) is 3.62. The average molecular weight is 458 g/mol. The summed E-state index contributed by atoms with van der Waals surface area (Å²) in [5.41, 5.74) is 0.231. The van der Waals surface area contributed by atoms with Gasteiger partial charge in [0.25, 0.3) is 11.5 Å². The molecule has 0 atom stereocenters. The Hall–Kier alpha value is -4.33. The smallest absolute Gasteiger partial charge is 0.336 e. The second-order valence-corrected chi connectivity index (χ2v) is 8.01. The van der Waals surface area contributed by atoms with Gasteiger partial charge in [-0.3, -0.25) is 14.2 Å². The highest BCUT2D eigenvalue weighted by atomic mass is 19.1. The summed E-state index contributed by atoms with van der Waals surface area (Å²) in [6.07, 6.45) is 0. The first-order chi connectivity index (χ1) is 16.3. The van der Waals surface area contributed by atoms with E-state index in [0.717, 1.165) is 20.4 Å². The lowest BCUT2D eigenvalue weighted by atomic mass is 10.2. The predicted octanol–water partition coefficient (Wildman–Crippen LogP) is 3.16. The molecule has 34 heavy (non-hydrogen) atoms. The number of aromatic nitrogens is 3. The average Bonchev–Trinajstić information content (AvgIpc) is 2.83. The predicted molar refractivity (Wildman–Crippen MR) is 127 cm³/mol. The van der Waals surface area contributed by atoms with Gasteiger partial charge in [0.1, 0.15) is 5.82 Å². The molecule has 0 fully saturated rings. The first-order valence-electron chi connectivity index (χ1n) is 10.7. The third-order valence-electron chi connectivity index (χ3n) is 5.40. The van der Waals surface area contributed by atoms with Gasteiger partial charge in [-0.1, -0.05) is 60.7 Å². The molecule has 0 saturated carbocycles. The van der Waals surface area contributed by atoms with E-state index in [2.05, 4.69) is 5.10 Å². The van der Waals surface area contributed by atoms with E-state index in [-0.39, 0.29) is 18.7 Å². The molecule has 1 amide bonds. The van der Waals surface area contributed by atoms with Crippen LogP contribution < -0.4 is 11.2 Å². The second-order valence-electron chi connectivity index (χ2n) is 8.01. The van der Waals surface area contributed by atoms with E-state index in [1.165, 1.54) is 23.1 Å². The van der Waals surface area contributed by atoms with Gasteiger partial charge in [0.05, 0.1) is 12.2 Å². The molecule has 0 aliphatic heterocycles. The quantitative estimate of drug-likeness (QED) is 0.445. The topological polar surface area (TPSA) is 77.2 Å². The van der Waals surface area contributed by atoms with Crippen LogP contribution in [0.3, 0.4) is 0 Å². The third-order valence-corrected chi connectivity index (χ3v) is 5.40. The van der Waals surface area contributed by atoms with Gasteiger partial charge in [0.2, 0.25) is 5.69 Å². The Kier molecular flexibility index (Phi) is 6.49. The molecule has 3 aromatic carbocycles. The second kappa shape index (κ2) is 9.66. The lowest BCUT2D eigenvalue weighted by molar-refractivity contribution is 0.0773. The maximum atomic E-state index is 14.3. The van der Waals surface area contributed by atoms with E-state index in [0.29, 0.717) is 5.69 Å². The molecule has 1 heterocycles. The van der Waals surface area contributed by atoms with Crippen LogP contribution in [0.25, 0.3) is 5.69 Å². The number of hydrogen-bond acceptors (Lipinski definition) is 4. The van der Waals surface area contributed by atoms with Crippen molar-refractivity contribution in [1.29, 1.82) is 0 Å². The Balaban J connectivity index is 1.84. The van der Waals surface area contributed by atoms with Crippen molar-refractivity contribution in [2.45, 2.75) is 20.0 Å². The minimum absolute atomic E-state index is 0.153. The SMILES string of the molecule is Cc1cccc(-n2nc(C(=O)N(C)Cc3ccccc3)c(=O)n(Cc3ccccc3F)c2=O)c1. The molecule has 0 saturated heterocycles. The Bertz CT molecular complexity index is 1460. The largest absolute Gasteiger partial charge is 0.352 e. The summed E-state index contributed by atoms with van der Waals surface area (Å²) in [4.78, 5) is 41.2. The number of hydrogen-bond donors (Lipinski definition) is 0. The van der Waals surface area contributed by atoms with Crippen LogP contribution in [0.15, 0.2) is 88.5 Å².